The van der Waals surface area contributed by atoms with E-state index in [2.05, 4.69) is 0 Å². The number of benzene rings is 1. The molecule has 0 bridgehead atoms. The van der Waals surface area contributed by atoms with Crippen molar-refractivity contribution >= 4 is 0 Å². The van der Waals surface area contributed by atoms with E-state index in [1.54, 1.807) is 6.07 Å². The van der Waals surface area contributed by atoms with Gasteiger partial charge in [0.05, 0.1) is 6.61 Å². The predicted octanol–water partition coefficient (Wildman–Crippen LogP) is 1.69. The summed E-state index contributed by atoms with van der Waals surface area (Å²) in [5.74, 6) is 0.801. The first-order valence-corrected chi connectivity index (χ1v) is 6.02. The number of ether oxygens (including phenoxy) is 1. The van der Waals surface area contributed by atoms with E-state index >= 15 is 0 Å². The Kier molecular flexibility index (Phi) is 5.94. The van der Waals surface area contributed by atoms with Crippen molar-refractivity contribution < 1.29 is 9.13 Å². The van der Waals surface area contributed by atoms with Gasteiger partial charge in [0.1, 0.15) is 11.6 Å². The van der Waals surface area contributed by atoms with E-state index in [9.17, 15) is 4.39 Å². The van der Waals surface area contributed by atoms with E-state index in [1.807, 2.05) is 6.92 Å². The van der Waals surface area contributed by atoms with Gasteiger partial charge in [-0.1, -0.05) is 0 Å². The summed E-state index contributed by atoms with van der Waals surface area (Å²) in [5.41, 5.74) is 12.1. The molecule has 0 unspecified atom stereocenters. The zero-order valence-corrected chi connectivity index (χ0v) is 10.3. The maximum Gasteiger partial charge on any atom is 0.123 e. The molecule has 0 fully saturated rings. The third kappa shape index (κ3) is 4.32. The molecule has 0 aromatic heterocycles. The van der Waals surface area contributed by atoms with Gasteiger partial charge in [-0.2, -0.15) is 0 Å². The Morgan fingerprint density at radius 3 is 2.59 bits per heavy atom. The summed E-state index contributed by atoms with van der Waals surface area (Å²) < 4.78 is 18.6. The number of nitrogens with two attached hydrogens (primary N) is 2. The Balaban J connectivity index is 2.70. The molecular weight excluding hydrogens is 219 g/mol. The molecule has 0 atom stereocenters. The van der Waals surface area contributed by atoms with E-state index in [-0.39, 0.29) is 11.7 Å². The molecule has 4 heteroatoms. The number of halogens is 1. The molecule has 0 saturated carbocycles. The summed E-state index contributed by atoms with van der Waals surface area (Å²) >= 11 is 0. The van der Waals surface area contributed by atoms with Gasteiger partial charge in [-0.15, -0.1) is 0 Å². The molecule has 1 aromatic rings. The van der Waals surface area contributed by atoms with Crippen LogP contribution in [0.15, 0.2) is 18.2 Å². The normalized spacial score (nSPS) is 10.9. The second-order valence-electron chi connectivity index (χ2n) is 4.06. The van der Waals surface area contributed by atoms with Gasteiger partial charge in [-0.25, -0.2) is 4.39 Å². The average molecular weight is 240 g/mol. The molecule has 0 radical (unpaired) electrons. The van der Waals surface area contributed by atoms with Gasteiger partial charge in [0.15, 0.2) is 0 Å². The first-order valence-electron chi connectivity index (χ1n) is 6.02. The molecule has 0 amide bonds. The molecule has 1 rings (SSSR count). The maximum atomic E-state index is 13.2. The molecule has 17 heavy (non-hydrogen) atoms. The van der Waals surface area contributed by atoms with Crippen molar-refractivity contribution in [2.45, 2.75) is 19.8 Å². The van der Waals surface area contributed by atoms with Gasteiger partial charge in [-0.05, 0) is 62.5 Å². The topological polar surface area (TPSA) is 61.3 Å². The summed E-state index contributed by atoms with van der Waals surface area (Å²) in [5, 5.41) is 0. The minimum Gasteiger partial charge on any atom is -0.494 e. The SMILES string of the molecule is CCOc1ccc(F)cc1CCC(CN)CN. The molecule has 1 aromatic carbocycles. The monoisotopic (exact) mass is 240 g/mol. The highest BCUT2D eigenvalue weighted by Crippen LogP contribution is 2.22. The fourth-order valence-corrected chi connectivity index (χ4v) is 1.73. The first-order chi connectivity index (χ1) is 8.21. The zero-order chi connectivity index (χ0) is 12.7. The number of aryl methyl sites for hydroxylation is 1. The van der Waals surface area contributed by atoms with Gasteiger partial charge >= 0.3 is 0 Å². The van der Waals surface area contributed by atoms with Crippen molar-refractivity contribution in [3.63, 3.8) is 0 Å². The van der Waals surface area contributed by atoms with Gasteiger partial charge in [0.2, 0.25) is 0 Å². The maximum absolute atomic E-state index is 13.2. The van der Waals surface area contributed by atoms with Crippen molar-refractivity contribution in [2.24, 2.45) is 17.4 Å². The molecule has 96 valence electrons. The Hall–Kier alpha value is -1.13. The summed E-state index contributed by atoms with van der Waals surface area (Å²) in [6.07, 6.45) is 1.60. The van der Waals surface area contributed by atoms with Crippen LogP contribution in [0, 0.1) is 11.7 Å². The van der Waals surface area contributed by atoms with Crippen LogP contribution in [0.25, 0.3) is 0 Å². The lowest BCUT2D eigenvalue weighted by Gasteiger charge is -2.14. The minimum absolute atomic E-state index is 0.236. The smallest absolute Gasteiger partial charge is 0.123 e. The summed E-state index contributed by atoms with van der Waals surface area (Å²) in [4.78, 5) is 0. The summed E-state index contributed by atoms with van der Waals surface area (Å²) in [7, 11) is 0. The van der Waals surface area contributed by atoms with Crippen LogP contribution in [-0.4, -0.2) is 19.7 Å². The lowest BCUT2D eigenvalue weighted by Crippen LogP contribution is -2.23. The van der Waals surface area contributed by atoms with Crippen LogP contribution in [0.4, 0.5) is 4.39 Å². The standard InChI is InChI=1S/C13H21FN2O/c1-2-17-13-6-5-12(14)7-11(13)4-3-10(8-15)9-16/h5-7,10H,2-4,8-9,15-16H2,1H3. The highest BCUT2D eigenvalue weighted by Gasteiger charge is 2.09. The highest BCUT2D eigenvalue weighted by atomic mass is 19.1. The molecule has 4 N–H and O–H groups in total. The molecule has 0 aliphatic carbocycles. The molecular formula is C13H21FN2O. The lowest BCUT2D eigenvalue weighted by atomic mass is 9.99. The predicted molar refractivity (Wildman–Crippen MR) is 67.5 cm³/mol. The van der Waals surface area contributed by atoms with Crippen molar-refractivity contribution in [3.8, 4) is 5.75 Å². The van der Waals surface area contributed by atoms with Crippen molar-refractivity contribution in [1.29, 1.82) is 0 Å². The van der Waals surface area contributed by atoms with Gasteiger partial charge < -0.3 is 16.2 Å². The summed E-state index contributed by atoms with van der Waals surface area (Å²) in [6.45, 7) is 3.62. The van der Waals surface area contributed by atoms with Crippen LogP contribution in [0.2, 0.25) is 0 Å². The van der Waals surface area contributed by atoms with E-state index in [0.29, 0.717) is 19.7 Å². The van der Waals surface area contributed by atoms with Crippen LogP contribution >= 0.6 is 0 Å². The minimum atomic E-state index is -0.236. The van der Waals surface area contributed by atoms with Crippen LogP contribution in [-0.2, 0) is 6.42 Å². The van der Waals surface area contributed by atoms with Crippen LogP contribution in [0.3, 0.4) is 0 Å². The molecule has 0 heterocycles. The molecule has 0 saturated heterocycles. The largest absolute Gasteiger partial charge is 0.494 e. The zero-order valence-electron chi connectivity index (χ0n) is 10.3. The van der Waals surface area contributed by atoms with Gasteiger partial charge in [-0.3, -0.25) is 0 Å². The van der Waals surface area contributed by atoms with Gasteiger partial charge in [0, 0.05) is 0 Å². The lowest BCUT2D eigenvalue weighted by molar-refractivity contribution is 0.334. The van der Waals surface area contributed by atoms with Crippen molar-refractivity contribution in [2.75, 3.05) is 19.7 Å². The molecule has 3 nitrogen and oxygen atoms in total. The molecule has 0 spiro atoms. The average Bonchev–Trinajstić information content (AvgIpc) is 2.34. The van der Waals surface area contributed by atoms with Crippen molar-refractivity contribution in [1.82, 2.24) is 0 Å². The van der Waals surface area contributed by atoms with Crippen LogP contribution < -0.4 is 16.2 Å². The van der Waals surface area contributed by atoms with Crippen molar-refractivity contribution in [3.05, 3.63) is 29.6 Å². The van der Waals surface area contributed by atoms with E-state index < -0.39 is 0 Å². The summed E-state index contributed by atoms with van der Waals surface area (Å²) in [6, 6.07) is 4.61. The van der Waals surface area contributed by atoms with Crippen LogP contribution in [0.5, 0.6) is 5.75 Å². The number of hydrogen-bond donors (Lipinski definition) is 2. The number of rotatable bonds is 7. The number of hydrogen-bond acceptors (Lipinski definition) is 3. The van der Waals surface area contributed by atoms with Gasteiger partial charge in [0.25, 0.3) is 0 Å². The third-order valence-electron chi connectivity index (χ3n) is 2.81. The Morgan fingerprint density at radius 1 is 1.29 bits per heavy atom. The van der Waals surface area contributed by atoms with E-state index in [1.165, 1.54) is 12.1 Å². The highest BCUT2D eigenvalue weighted by molar-refractivity contribution is 5.34. The molecule has 0 aliphatic rings. The quantitative estimate of drug-likeness (QED) is 0.762. The fraction of sp³-hybridized carbons (Fsp3) is 0.538. The van der Waals surface area contributed by atoms with Crippen LogP contribution in [0.1, 0.15) is 18.9 Å². The van der Waals surface area contributed by atoms with E-state index in [0.717, 1.165) is 24.2 Å². The third-order valence-corrected chi connectivity index (χ3v) is 2.81. The first kappa shape index (κ1) is 13.9. The Morgan fingerprint density at radius 2 is 2.00 bits per heavy atom. The fourth-order valence-electron chi connectivity index (χ4n) is 1.73. The Bertz CT molecular complexity index is 340. The van der Waals surface area contributed by atoms with E-state index in [4.69, 9.17) is 16.2 Å². The Labute approximate surface area is 102 Å². The second-order valence-corrected chi connectivity index (χ2v) is 4.06. The second kappa shape index (κ2) is 7.25. The molecule has 0 aliphatic heterocycles.